The molecule has 3 rings (SSSR count). The maximum Gasteiger partial charge on any atom is 0.417 e. The SMILES string of the molecule is COc1c([C@H]2[C@H](c3cc(=O)cc(C)[nH]3)O[C@@](C)(C(F)(F)F)[C@H]2C)cc(S(=O)(=O)O)c(F)c1F. The highest BCUT2D eigenvalue weighted by atomic mass is 32.2. The second-order valence-corrected chi connectivity index (χ2v) is 9.40. The van der Waals surface area contributed by atoms with Crippen LogP contribution in [-0.2, 0) is 14.9 Å². The molecule has 7 nitrogen and oxygen atoms in total. The Morgan fingerprint density at radius 3 is 2.27 bits per heavy atom. The van der Waals surface area contributed by atoms with Gasteiger partial charge in [-0.05, 0) is 19.9 Å². The normalized spacial score (nSPS) is 25.9. The van der Waals surface area contributed by atoms with Crippen LogP contribution in [-0.4, -0.2) is 36.8 Å². The summed E-state index contributed by atoms with van der Waals surface area (Å²) in [6.45, 7) is 3.38. The van der Waals surface area contributed by atoms with Crippen molar-refractivity contribution in [1.82, 2.24) is 4.98 Å². The van der Waals surface area contributed by atoms with Gasteiger partial charge in [-0.25, -0.2) is 4.39 Å². The molecule has 0 unspecified atom stereocenters. The molecular weight excluding hydrogens is 477 g/mol. The van der Waals surface area contributed by atoms with Crippen LogP contribution >= 0.6 is 0 Å². The lowest BCUT2D eigenvalue weighted by Crippen LogP contribution is -2.46. The highest BCUT2D eigenvalue weighted by molar-refractivity contribution is 7.85. The molecule has 1 saturated heterocycles. The van der Waals surface area contributed by atoms with Crippen LogP contribution in [0.3, 0.4) is 0 Å². The molecular formula is C20H20F5NO6S. The molecule has 0 saturated carbocycles. The predicted molar refractivity (Wildman–Crippen MR) is 105 cm³/mol. The van der Waals surface area contributed by atoms with Crippen LogP contribution in [0.1, 0.15) is 42.8 Å². The zero-order valence-electron chi connectivity index (χ0n) is 17.8. The number of hydrogen-bond acceptors (Lipinski definition) is 5. The summed E-state index contributed by atoms with van der Waals surface area (Å²) in [5.41, 5.74) is -3.66. The number of aryl methyl sites for hydroxylation is 1. The van der Waals surface area contributed by atoms with Crippen molar-refractivity contribution in [3.63, 3.8) is 0 Å². The van der Waals surface area contributed by atoms with E-state index >= 15 is 0 Å². The van der Waals surface area contributed by atoms with Gasteiger partial charge in [0.1, 0.15) is 11.0 Å². The average molecular weight is 497 g/mol. The molecule has 13 heteroatoms. The van der Waals surface area contributed by atoms with Crippen LogP contribution in [0.25, 0.3) is 0 Å². The van der Waals surface area contributed by atoms with E-state index in [1.54, 1.807) is 0 Å². The maximum absolute atomic E-state index is 14.7. The van der Waals surface area contributed by atoms with E-state index in [-0.39, 0.29) is 5.69 Å². The monoisotopic (exact) mass is 497 g/mol. The van der Waals surface area contributed by atoms with E-state index in [9.17, 15) is 39.7 Å². The fourth-order valence-corrected chi connectivity index (χ4v) is 4.76. The van der Waals surface area contributed by atoms with Gasteiger partial charge in [-0.1, -0.05) is 6.92 Å². The molecule has 0 aliphatic carbocycles. The summed E-state index contributed by atoms with van der Waals surface area (Å²) in [5.74, 6) is -7.60. The van der Waals surface area contributed by atoms with Crippen LogP contribution in [0.5, 0.6) is 5.75 Å². The number of aromatic amines is 1. The molecule has 4 atom stereocenters. The molecule has 182 valence electrons. The van der Waals surface area contributed by atoms with Crippen LogP contribution in [0.4, 0.5) is 22.0 Å². The number of pyridine rings is 1. The largest absolute Gasteiger partial charge is 0.493 e. The second kappa shape index (κ2) is 8.06. The molecule has 0 spiro atoms. The van der Waals surface area contributed by atoms with Gasteiger partial charge in [0.2, 0.25) is 5.82 Å². The fraction of sp³-hybridized carbons (Fsp3) is 0.450. The standard InChI is InChI=1S/C20H20F5NO6S/c1-8-5-10(27)6-12(26-8)18-14(9(2)19(3,32-18)20(23,24)25)11-7-13(33(28,29)30)15(21)16(22)17(11)31-4/h5-7,9,14,18H,1-4H3,(H,26,27)(H,28,29,30)/t9-,14-,18-,19+/m0/s1. The third kappa shape index (κ3) is 4.13. The molecule has 0 radical (unpaired) electrons. The lowest BCUT2D eigenvalue weighted by atomic mass is 9.76. The van der Waals surface area contributed by atoms with Crippen molar-refractivity contribution in [2.45, 2.75) is 49.5 Å². The molecule has 2 heterocycles. The van der Waals surface area contributed by atoms with Gasteiger partial charge in [0.15, 0.2) is 22.6 Å². The van der Waals surface area contributed by atoms with Crippen molar-refractivity contribution in [3.8, 4) is 5.75 Å². The Labute approximate surface area is 185 Å². The van der Waals surface area contributed by atoms with Gasteiger partial charge < -0.3 is 14.5 Å². The van der Waals surface area contributed by atoms with Crippen molar-refractivity contribution in [3.05, 3.63) is 57.0 Å². The lowest BCUT2D eigenvalue weighted by Gasteiger charge is -2.32. The van der Waals surface area contributed by atoms with Gasteiger partial charge >= 0.3 is 6.18 Å². The van der Waals surface area contributed by atoms with Gasteiger partial charge in [-0.15, -0.1) is 0 Å². The first-order chi connectivity index (χ1) is 15.0. The first kappa shape index (κ1) is 25.1. The Bertz CT molecular complexity index is 1260. The minimum Gasteiger partial charge on any atom is -0.493 e. The minimum absolute atomic E-state index is 0.0926. The van der Waals surface area contributed by atoms with Crippen LogP contribution in [0.15, 0.2) is 27.9 Å². The minimum atomic E-state index is -5.29. The Kier molecular flexibility index (Phi) is 6.14. The fourth-order valence-electron chi connectivity index (χ4n) is 4.17. The molecule has 1 fully saturated rings. The van der Waals surface area contributed by atoms with E-state index in [1.807, 2.05) is 0 Å². The lowest BCUT2D eigenvalue weighted by molar-refractivity contribution is -0.275. The van der Waals surface area contributed by atoms with Crippen molar-refractivity contribution in [2.24, 2.45) is 5.92 Å². The van der Waals surface area contributed by atoms with Crippen LogP contribution in [0.2, 0.25) is 0 Å². The van der Waals surface area contributed by atoms with Gasteiger partial charge in [0.05, 0.1) is 7.11 Å². The van der Waals surface area contributed by atoms with Gasteiger partial charge in [-0.3, -0.25) is 9.35 Å². The van der Waals surface area contributed by atoms with Crippen LogP contribution in [0, 0.1) is 24.5 Å². The van der Waals surface area contributed by atoms with E-state index in [0.29, 0.717) is 11.8 Å². The number of alkyl halides is 3. The summed E-state index contributed by atoms with van der Waals surface area (Å²) in [7, 11) is -4.38. The third-order valence-electron chi connectivity index (χ3n) is 5.97. The van der Waals surface area contributed by atoms with Crippen molar-refractivity contribution < 1.29 is 44.4 Å². The Morgan fingerprint density at radius 1 is 1.18 bits per heavy atom. The summed E-state index contributed by atoms with van der Waals surface area (Å²) in [4.78, 5) is 13.3. The molecule has 2 aromatic rings. The second-order valence-electron chi connectivity index (χ2n) is 8.01. The van der Waals surface area contributed by atoms with Crippen molar-refractivity contribution in [2.75, 3.05) is 7.11 Å². The van der Waals surface area contributed by atoms with Gasteiger partial charge in [0.25, 0.3) is 10.1 Å². The molecule has 1 aliphatic rings. The highest BCUT2D eigenvalue weighted by Gasteiger charge is 2.65. The molecule has 1 aromatic carbocycles. The maximum atomic E-state index is 14.7. The molecule has 0 amide bonds. The summed E-state index contributed by atoms with van der Waals surface area (Å²) in [6.07, 6.45) is -6.49. The smallest absolute Gasteiger partial charge is 0.417 e. The molecule has 2 N–H and O–H groups in total. The zero-order valence-corrected chi connectivity index (χ0v) is 18.6. The number of ether oxygens (including phenoxy) is 2. The van der Waals surface area contributed by atoms with E-state index in [1.165, 1.54) is 13.0 Å². The number of rotatable bonds is 4. The Hall–Kier alpha value is -2.51. The summed E-state index contributed by atoms with van der Waals surface area (Å²) < 4.78 is 114. The number of benzene rings is 1. The molecule has 1 aliphatic heterocycles. The molecule has 33 heavy (non-hydrogen) atoms. The first-order valence-electron chi connectivity index (χ1n) is 9.51. The number of H-pyrrole nitrogens is 1. The van der Waals surface area contributed by atoms with Crippen molar-refractivity contribution in [1.29, 1.82) is 0 Å². The van der Waals surface area contributed by atoms with E-state index in [0.717, 1.165) is 27.0 Å². The topological polar surface area (TPSA) is 106 Å². The number of halogens is 5. The predicted octanol–water partition coefficient (Wildman–Crippen LogP) is 4.03. The molecule has 1 aromatic heterocycles. The van der Waals surface area contributed by atoms with E-state index in [2.05, 4.69) is 4.98 Å². The Morgan fingerprint density at radius 2 is 1.79 bits per heavy atom. The number of aromatic nitrogens is 1. The van der Waals surface area contributed by atoms with Gasteiger partial charge in [-0.2, -0.15) is 26.0 Å². The van der Waals surface area contributed by atoms with Crippen LogP contribution < -0.4 is 10.2 Å². The van der Waals surface area contributed by atoms with Crippen molar-refractivity contribution >= 4 is 10.1 Å². The average Bonchev–Trinajstić information content (AvgIpc) is 2.94. The number of hydrogen-bond donors (Lipinski definition) is 2. The third-order valence-corrected chi connectivity index (χ3v) is 6.82. The molecule has 0 bridgehead atoms. The van der Waals surface area contributed by atoms with Gasteiger partial charge in [0, 0.05) is 40.9 Å². The number of methoxy groups -OCH3 is 1. The summed E-state index contributed by atoms with van der Waals surface area (Å²) in [6, 6.07) is 2.70. The summed E-state index contributed by atoms with van der Waals surface area (Å²) >= 11 is 0. The first-order valence-corrected chi connectivity index (χ1v) is 11.0. The van der Waals surface area contributed by atoms with E-state index in [4.69, 9.17) is 9.47 Å². The zero-order chi connectivity index (χ0) is 25.1. The highest BCUT2D eigenvalue weighted by Crippen LogP contribution is 2.59. The Balaban J connectivity index is 2.38. The summed E-state index contributed by atoms with van der Waals surface area (Å²) in [5, 5.41) is 0. The van der Waals surface area contributed by atoms with E-state index < -0.39 is 73.1 Å². The quantitative estimate of drug-likeness (QED) is 0.488. The number of nitrogens with one attached hydrogen (secondary N) is 1.